The lowest BCUT2D eigenvalue weighted by molar-refractivity contribution is 0.140. The van der Waals surface area contributed by atoms with Crippen molar-refractivity contribution in [3.63, 3.8) is 0 Å². The van der Waals surface area contributed by atoms with Crippen LogP contribution in [0.3, 0.4) is 0 Å². The number of rotatable bonds is 5. The Bertz CT molecular complexity index is 331. The molecule has 0 unspecified atom stereocenters. The minimum atomic E-state index is 0.382. The van der Waals surface area contributed by atoms with E-state index in [4.69, 9.17) is 27.0 Å². The van der Waals surface area contributed by atoms with Gasteiger partial charge < -0.3 is 14.3 Å². The van der Waals surface area contributed by atoms with Gasteiger partial charge in [0, 0.05) is 12.0 Å². The van der Waals surface area contributed by atoms with Gasteiger partial charge in [0.1, 0.15) is 11.5 Å². The van der Waals surface area contributed by atoms with Crippen LogP contribution in [-0.2, 0) is 11.3 Å². The molecule has 1 aromatic rings. The molecule has 0 spiro atoms. The van der Waals surface area contributed by atoms with Gasteiger partial charge in [-0.05, 0) is 12.1 Å². The van der Waals surface area contributed by atoms with Crippen molar-refractivity contribution >= 4 is 11.6 Å². The second-order valence-corrected chi connectivity index (χ2v) is 3.29. The monoisotopic (exact) mass is 231 g/mol. The number of ether oxygens (including phenoxy) is 2. The maximum Gasteiger partial charge on any atom is 0.144 e. The van der Waals surface area contributed by atoms with E-state index in [1.807, 2.05) is 0 Å². The van der Waals surface area contributed by atoms with E-state index in [0.717, 1.165) is 5.56 Å². The Morgan fingerprint density at radius 1 is 1.27 bits per heavy atom. The van der Waals surface area contributed by atoms with Crippen LogP contribution in [0.1, 0.15) is 5.56 Å². The highest BCUT2D eigenvalue weighted by atomic mass is 35.5. The van der Waals surface area contributed by atoms with Crippen LogP contribution < -0.4 is 15.4 Å². The molecule has 2 N–H and O–H groups in total. The van der Waals surface area contributed by atoms with Crippen LogP contribution in [0.4, 0.5) is 0 Å². The predicted octanol–water partition coefficient (Wildman–Crippen LogP) is 1.79. The molecule has 4 nitrogen and oxygen atoms in total. The normalized spacial score (nSPS) is 10.1. The Morgan fingerprint density at radius 2 is 2.00 bits per heavy atom. The fourth-order valence-electron chi connectivity index (χ4n) is 1.39. The highest BCUT2D eigenvalue weighted by Gasteiger charge is 2.13. The SMILES string of the molecule is COc1ccc(Cl)c(OC)c1CCON. The Kier molecular flexibility index (Phi) is 4.68. The summed E-state index contributed by atoms with van der Waals surface area (Å²) in [6.45, 7) is 0.382. The van der Waals surface area contributed by atoms with Crippen molar-refractivity contribution < 1.29 is 14.3 Å². The summed E-state index contributed by atoms with van der Waals surface area (Å²) in [7, 11) is 3.16. The van der Waals surface area contributed by atoms with Gasteiger partial charge in [-0.15, -0.1) is 0 Å². The first kappa shape index (κ1) is 12.1. The average molecular weight is 232 g/mol. The molecule has 1 rings (SSSR count). The Balaban J connectivity index is 3.09. The third-order valence-electron chi connectivity index (χ3n) is 2.06. The maximum absolute atomic E-state index is 5.98. The molecule has 0 aliphatic heterocycles. The van der Waals surface area contributed by atoms with Gasteiger partial charge in [0.25, 0.3) is 0 Å². The van der Waals surface area contributed by atoms with Gasteiger partial charge >= 0.3 is 0 Å². The Labute approximate surface area is 93.8 Å². The summed E-state index contributed by atoms with van der Waals surface area (Å²) in [5, 5.41) is 0.547. The van der Waals surface area contributed by atoms with E-state index in [-0.39, 0.29) is 0 Å². The number of hydrogen-bond acceptors (Lipinski definition) is 4. The number of hydrogen-bond donors (Lipinski definition) is 1. The highest BCUT2D eigenvalue weighted by molar-refractivity contribution is 6.32. The van der Waals surface area contributed by atoms with Crippen molar-refractivity contribution in [3.05, 3.63) is 22.7 Å². The fraction of sp³-hybridized carbons (Fsp3) is 0.400. The molecule has 0 amide bonds. The number of halogens is 1. The van der Waals surface area contributed by atoms with E-state index in [2.05, 4.69) is 4.84 Å². The summed E-state index contributed by atoms with van der Waals surface area (Å²) < 4.78 is 10.4. The number of methoxy groups -OCH3 is 2. The van der Waals surface area contributed by atoms with E-state index < -0.39 is 0 Å². The van der Waals surface area contributed by atoms with E-state index in [9.17, 15) is 0 Å². The van der Waals surface area contributed by atoms with E-state index in [1.165, 1.54) is 0 Å². The van der Waals surface area contributed by atoms with Crippen LogP contribution in [0, 0.1) is 0 Å². The minimum absolute atomic E-state index is 0.382. The minimum Gasteiger partial charge on any atom is -0.496 e. The first-order valence-corrected chi connectivity index (χ1v) is 4.83. The molecule has 0 aliphatic rings. The largest absolute Gasteiger partial charge is 0.496 e. The summed E-state index contributed by atoms with van der Waals surface area (Å²) in [5.41, 5.74) is 0.859. The fourth-order valence-corrected chi connectivity index (χ4v) is 1.65. The van der Waals surface area contributed by atoms with Crippen molar-refractivity contribution in [2.45, 2.75) is 6.42 Å². The van der Waals surface area contributed by atoms with Crippen LogP contribution in [0.2, 0.25) is 5.02 Å². The molecule has 0 atom stereocenters. The molecule has 0 fully saturated rings. The zero-order chi connectivity index (χ0) is 11.3. The summed E-state index contributed by atoms with van der Waals surface area (Å²) >= 11 is 5.98. The highest BCUT2D eigenvalue weighted by Crippen LogP contribution is 2.35. The van der Waals surface area contributed by atoms with Gasteiger partial charge in [0.2, 0.25) is 0 Å². The first-order chi connectivity index (χ1) is 7.24. The zero-order valence-corrected chi connectivity index (χ0v) is 9.50. The first-order valence-electron chi connectivity index (χ1n) is 4.45. The quantitative estimate of drug-likeness (QED) is 0.785. The second kappa shape index (κ2) is 5.80. The average Bonchev–Trinajstić information content (AvgIpc) is 2.26. The van der Waals surface area contributed by atoms with Gasteiger partial charge in [-0.1, -0.05) is 11.6 Å². The molecule has 0 aromatic heterocycles. The van der Waals surface area contributed by atoms with Gasteiger partial charge in [-0.25, -0.2) is 5.90 Å². The molecule has 84 valence electrons. The van der Waals surface area contributed by atoms with Gasteiger partial charge in [0.15, 0.2) is 0 Å². The van der Waals surface area contributed by atoms with E-state index >= 15 is 0 Å². The van der Waals surface area contributed by atoms with Gasteiger partial charge in [-0.2, -0.15) is 0 Å². The maximum atomic E-state index is 5.98. The summed E-state index contributed by atoms with van der Waals surface area (Å²) in [6.07, 6.45) is 0.587. The lowest BCUT2D eigenvalue weighted by atomic mass is 10.1. The van der Waals surface area contributed by atoms with Crippen molar-refractivity contribution in [3.8, 4) is 11.5 Å². The van der Waals surface area contributed by atoms with Crippen LogP contribution in [0.5, 0.6) is 11.5 Å². The Morgan fingerprint density at radius 3 is 2.53 bits per heavy atom. The molecule has 15 heavy (non-hydrogen) atoms. The molecule has 0 saturated heterocycles. The lowest BCUT2D eigenvalue weighted by Crippen LogP contribution is -2.06. The molecule has 1 aromatic carbocycles. The van der Waals surface area contributed by atoms with Gasteiger partial charge in [-0.3, -0.25) is 0 Å². The molecule has 0 aliphatic carbocycles. The third kappa shape index (κ3) is 2.75. The Hall–Kier alpha value is -0.970. The van der Waals surface area contributed by atoms with E-state index in [0.29, 0.717) is 29.5 Å². The lowest BCUT2D eigenvalue weighted by Gasteiger charge is -2.13. The van der Waals surface area contributed by atoms with Crippen molar-refractivity contribution in [2.24, 2.45) is 5.90 Å². The van der Waals surface area contributed by atoms with Crippen LogP contribution in [-0.4, -0.2) is 20.8 Å². The number of nitrogens with two attached hydrogens (primary N) is 1. The molecule has 0 heterocycles. The van der Waals surface area contributed by atoms with Crippen molar-refractivity contribution in [1.82, 2.24) is 0 Å². The van der Waals surface area contributed by atoms with Crippen LogP contribution >= 0.6 is 11.6 Å². The predicted molar refractivity (Wildman–Crippen MR) is 58.4 cm³/mol. The van der Waals surface area contributed by atoms with Crippen molar-refractivity contribution in [2.75, 3.05) is 20.8 Å². The molecule has 0 radical (unpaired) electrons. The van der Waals surface area contributed by atoms with E-state index in [1.54, 1.807) is 26.4 Å². The van der Waals surface area contributed by atoms with Crippen LogP contribution in [0.15, 0.2) is 12.1 Å². The second-order valence-electron chi connectivity index (χ2n) is 2.88. The standard InChI is InChI=1S/C10H14ClNO3/c1-13-9-4-3-8(11)10(14-2)7(9)5-6-15-12/h3-4H,5-6,12H2,1-2H3. The number of benzene rings is 1. The molecular weight excluding hydrogens is 218 g/mol. The summed E-state index contributed by atoms with van der Waals surface area (Å²) in [4.78, 5) is 4.53. The molecule has 5 heteroatoms. The zero-order valence-electron chi connectivity index (χ0n) is 8.75. The topological polar surface area (TPSA) is 53.7 Å². The van der Waals surface area contributed by atoms with Gasteiger partial charge in [0.05, 0.1) is 25.8 Å². The summed E-state index contributed by atoms with van der Waals surface area (Å²) in [5.74, 6) is 6.30. The third-order valence-corrected chi connectivity index (χ3v) is 2.36. The van der Waals surface area contributed by atoms with Crippen molar-refractivity contribution in [1.29, 1.82) is 0 Å². The molecule has 0 saturated carbocycles. The summed E-state index contributed by atoms with van der Waals surface area (Å²) in [6, 6.07) is 3.52. The molecular formula is C10H14ClNO3. The van der Waals surface area contributed by atoms with Crippen LogP contribution in [0.25, 0.3) is 0 Å². The molecule has 0 bridgehead atoms. The smallest absolute Gasteiger partial charge is 0.144 e.